The number of anilines is 2. The Hall–Kier alpha value is -4.66. The van der Waals surface area contributed by atoms with Crippen LogP contribution in [0.2, 0.25) is 0 Å². The Morgan fingerprint density at radius 3 is 2.27 bits per heavy atom. The van der Waals surface area contributed by atoms with Gasteiger partial charge in [-0.25, -0.2) is 4.98 Å². The second kappa shape index (κ2) is 16.2. The van der Waals surface area contributed by atoms with Gasteiger partial charge < -0.3 is 26.0 Å². The standard InChI is InChI=1S/C34H43N11O3.ClH/c1-43-15-17-44(18-16-43)34-37-21-28(32(38-34)48-2)24-7-3-22(4-8-24)19-29(30(36)46)45(33(47)26-9-5-23(20-35)6-10-26)27-13-11-25(12-14-27)31-39-41-42-40-31;/h3-4,7-8,11-14,21,23,26,29H,5-6,9-10,15-20,35H2,1-2H3,(H2,36,46)(H,39,40,41,42);1H/t23?,26?,29-;/m0./s1. The number of amides is 2. The van der Waals surface area contributed by atoms with Crippen LogP contribution in [0.4, 0.5) is 11.6 Å². The number of rotatable bonds is 11. The maximum atomic E-state index is 14.2. The SMILES string of the molecule is COc1nc(N2CCN(C)CC2)ncc1-c1ccc(C[C@@H](C(N)=O)N(C(=O)C2CCC(CN)CC2)c2ccc(-c3nn[nH]n3)cc2)cc1.Cl. The molecule has 2 fully saturated rings. The highest BCUT2D eigenvalue weighted by Crippen LogP contribution is 2.34. The fraction of sp³-hybridized carbons (Fsp3) is 0.441. The molecule has 15 heteroatoms. The van der Waals surface area contributed by atoms with Crippen molar-refractivity contribution in [2.45, 2.75) is 38.1 Å². The summed E-state index contributed by atoms with van der Waals surface area (Å²) in [4.78, 5) is 42.8. The number of H-pyrrole nitrogens is 1. The number of tetrazole rings is 1. The Labute approximate surface area is 292 Å². The molecule has 0 radical (unpaired) electrons. The molecular weight excluding hydrogens is 646 g/mol. The summed E-state index contributed by atoms with van der Waals surface area (Å²) in [6.07, 6.45) is 5.22. The maximum absolute atomic E-state index is 14.2. The number of aromatic amines is 1. The fourth-order valence-corrected chi connectivity index (χ4v) is 6.59. The second-order valence-electron chi connectivity index (χ2n) is 12.6. The van der Waals surface area contributed by atoms with Crippen LogP contribution in [0.1, 0.15) is 31.2 Å². The molecule has 260 valence electrons. The minimum absolute atomic E-state index is 0. The molecule has 2 aromatic heterocycles. The normalized spacial score (nSPS) is 18.7. The molecule has 1 atom stereocenters. The van der Waals surface area contributed by atoms with Crippen molar-refractivity contribution in [1.29, 1.82) is 0 Å². The third-order valence-electron chi connectivity index (χ3n) is 9.57. The topological polar surface area (TPSA) is 185 Å². The molecule has 0 unspecified atom stereocenters. The molecule has 0 bridgehead atoms. The van der Waals surface area contributed by atoms with Gasteiger partial charge in [-0.2, -0.15) is 10.2 Å². The van der Waals surface area contributed by atoms with Crippen LogP contribution in [-0.2, 0) is 16.0 Å². The molecule has 3 heterocycles. The monoisotopic (exact) mass is 689 g/mol. The van der Waals surface area contributed by atoms with Crippen LogP contribution >= 0.6 is 12.4 Å². The zero-order valence-electron chi connectivity index (χ0n) is 27.9. The summed E-state index contributed by atoms with van der Waals surface area (Å²) < 4.78 is 5.68. The van der Waals surface area contributed by atoms with E-state index >= 15 is 0 Å². The minimum atomic E-state index is -0.910. The fourth-order valence-electron chi connectivity index (χ4n) is 6.59. The van der Waals surface area contributed by atoms with Crippen molar-refractivity contribution in [2.75, 3.05) is 56.7 Å². The lowest BCUT2D eigenvalue weighted by Gasteiger charge is -2.35. The maximum Gasteiger partial charge on any atom is 0.240 e. The molecule has 14 nitrogen and oxygen atoms in total. The van der Waals surface area contributed by atoms with E-state index in [9.17, 15) is 9.59 Å². The molecule has 2 aromatic carbocycles. The Bertz CT molecular complexity index is 1670. The van der Waals surface area contributed by atoms with Crippen LogP contribution in [-0.4, -0.2) is 100 Å². The highest BCUT2D eigenvalue weighted by atomic mass is 35.5. The Balaban J connectivity index is 0.00000468. The van der Waals surface area contributed by atoms with Crippen LogP contribution < -0.4 is 26.0 Å². The average molecular weight is 690 g/mol. The van der Waals surface area contributed by atoms with Crippen LogP contribution in [0.15, 0.2) is 54.7 Å². The molecular formula is C34H44ClN11O3. The number of hydrogen-bond donors (Lipinski definition) is 3. The molecule has 1 saturated heterocycles. The van der Waals surface area contributed by atoms with Crippen molar-refractivity contribution in [3.63, 3.8) is 0 Å². The quantitative estimate of drug-likeness (QED) is 0.210. The first-order valence-corrected chi connectivity index (χ1v) is 16.4. The van der Waals surface area contributed by atoms with Gasteiger partial charge in [0.1, 0.15) is 6.04 Å². The van der Waals surface area contributed by atoms with E-state index < -0.39 is 11.9 Å². The van der Waals surface area contributed by atoms with Gasteiger partial charge in [-0.3, -0.25) is 14.5 Å². The summed E-state index contributed by atoms with van der Waals surface area (Å²) in [5.74, 6) is 1.06. The van der Waals surface area contributed by atoms with Gasteiger partial charge in [-0.05, 0) is 85.8 Å². The van der Waals surface area contributed by atoms with Crippen molar-refractivity contribution in [1.82, 2.24) is 35.5 Å². The van der Waals surface area contributed by atoms with Gasteiger partial charge in [-0.1, -0.05) is 24.3 Å². The smallest absolute Gasteiger partial charge is 0.240 e. The number of nitrogens with zero attached hydrogens (tertiary/aromatic N) is 8. The molecule has 6 rings (SSSR count). The number of carbonyl (C=O) groups is 2. The molecule has 2 amide bonds. The number of likely N-dealkylation sites (N-methyl/N-ethyl adjacent to an activating group) is 1. The van der Waals surface area contributed by atoms with Gasteiger partial charge in [0.15, 0.2) is 0 Å². The summed E-state index contributed by atoms with van der Waals surface area (Å²) in [5.41, 5.74) is 15.8. The van der Waals surface area contributed by atoms with Crippen LogP contribution in [0, 0.1) is 11.8 Å². The Kier molecular flexibility index (Phi) is 11.8. The number of benzene rings is 2. The van der Waals surface area contributed by atoms with Crippen molar-refractivity contribution >= 4 is 35.9 Å². The zero-order chi connectivity index (χ0) is 33.6. The van der Waals surface area contributed by atoms with Crippen molar-refractivity contribution in [3.8, 4) is 28.4 Å². The predicted octanol–water partition coefficient (Wildman–Crippen LogP) is 2.70. The molecule has 4 aromatic rings. The number of nitrogens with two attached hydrogens (primary N) is 2. The van der Waals surface area contributed by atoms with E-state index in [4.69, 9.17) is 21.2 Å². The highest BCUT2D eigenvalue weighted by molar-refractivity contribution is 6.01. The lowest BCUT2D eigenvalue weighted by molar-refractivity contribution is -0.127. The van der Waals surface area contributed by atoms with Crippen LogP contribution in [0.3, 0.4) is 0 Å². The number of nitrogens with one attached hydrogen (secondary N) is 1. The molecule has 1 aliphatic carbocycles. The van der Waals surface area contributed by atoms with E-state index in [1.54, 1.807) is 30.3 Å². The van der Waals surface area contributed by atoms with Crippen LogP contribution in [0.25, 0.3) is 22.5 Å². The lowest BCUT2D eigenvalue weighted by atomic mass is 9.81. The van der Waals surface area contributed by atoms with Crippen molar-refractivity contribution < 1.29 is 14.3 Å². The number of piperazine rings is 1. The largest absolute Gasteiger partial charge is 0.480 e. The third-order valence-corrected chi connectivity index (χ3v) is 9.57. The summed E-state index contributed by atoms with van der Waals surface area (Å²) >= 11 is 0. The second-order valence-corrected chi connectivity index (χ2v) is 12.6. The highest BCUT2D eigenvalue weighted by Gasteiger charge is 2.36. The van der Waals surface area contributed by atoms with Gasteiger partial charge in [0.25, 0.3) is 0 Å². The molecule has 2 aliphatic rings. The Morgan fingerprint density at radius 2 is 1.67 bits per heavy atom. The van der Waals surface area contributed by atoms with E-state index in [0.29, 0.717) is 35.8 Å². The first-order valence-electron chi connectivity index (χ1n) is 16.4. The van der Waals surface area contributed by atoms with Gasteiger partial charge in [0, 0.05) is 56.0 Å². The number of methoxy groups -OCH3 is 1. The summed E-state index contributed by atoms with van der Waals surface area (Å²) in [6.45, 7) is 4.22. The van der Waals surface area contributed by atoms with Crippen molar-refractivity contribution in [2.24, 2.45) is 23.3 Å². The van der Waals surface area contributed by atoms with Gasteiger partial charge in [-0.15, -0.1) is 22.6 Å². The van der Waals surface area contributed by atoms with E-state index in [1.165, 1.54) is 0 Å². The molecule has 49 heavy (non-hydrogen) atoms. The van der Waals surface area contributed by atoms with E-state index in [2.05, 4.69) is 42.5 Å². The number of aromatic nitrogens is 6. The minimum Gasteiger partial charge on any atom is -0.480 e. The molecule has 1 aliphatic heterocycles. The predicted molar refractivity (Wildman–Crippen MR) is 189 cm³/mol. The number of carbonyl (C=O) groups excluding carboxylic acids is 2. The van der Waals surface area contributed by atoms with Crippen LogP contribution in [0.5, 0.6) is 5.88 Å². The van der Waals surface area contributed by atoms with Gasteiger partial charge in [0.05, 0.1) is 12.7 Å². The molecule has 1 saturated carbocycles. The number of hydrogen-bond acceptors (Lipinski definition) is 11. The summed E-state index contributed by atoms with van der Waals surface area (Å²) in [7, 11) is 3.71. The number of primary amides is 1. The number of halogens is 1. The summed E-state index contributed by atoms with van der Waals surface area (Å²) in [6, 6.07) is 14.1. The molecule has 5 N–H and O–H groups in total. The van der Waals surface area contributed by atoms with Gasteiger partial charge >= 0.3 is 0 Å². The summed E-state index contributed by atoms with van der Waals surface area (Å²) in [5, 5.41) is 14.2. The van der Waals surface area contributed by atoms with Gasteiger partial charge in [0.2, 0.25) is 29.5 Å². The average Bonchev–Trinajstić information content (AvgIpc) is 3.67. The van der Waals surface area contributed by atoms with E-state index in [-0.39, 0.29) is 30.7 Å². The Morgan fingerprint density at radius 1 is 1.00 bits per heavy atom. The van der Waals surface area contributed by atoms with Crippen molar-refractivity contribution in [3.05, 3.63) is 60.3 Å². The zero-order valence-corrected chi connectivity index (χ0v) is 28.7. The molecule has 0 spiro atoms. The number of ether oxygens (including phenoxy) is 1. The van der Waals surface area contributed by atoms with E-state index in [1.807, 2.05) is 36.4 Å². The first kappa shape index (κ1) is 35.6. The third kappa shape index (κ3) is 8.15. The first-order chi connectivity index (χ1) is 23.3. The lowest BCUT2D eigenvalue weighted by Crippen LogP contribution is -2.52. The van der Waals surface area contributed by atoms with E-state index in [0.717, 1.165) is 74.1 Å².